The van der Waals surface area contributed by atoms with Crippen LogP contribution in [-0.2, 0) is 4.74 Å². The second-order valence-corrected chi connectivity index (χ2v) is 4.26. The molecule has 5 heteroatoms. The number of anilines is 2. The first-order chi connectivity index (χ1) is 7.21. The van der Waals surface area contributed by atoms with Crippen molar-refractivity contribution < 1.29 is 4.74 Å². The Morgan fingerprint density at radius 3 is 2.93 bits per heavy atom. The Kier molecular flexibility index (Phi) is 4.40. The Labute approximate surface area is 93.7 Å². The zero-order valence-electron chi connectivity index (χ0n) is 8.91. The molecule has 0 amide bonds. The summed E-state index contributed by atoms with van der Waals surface area (Å²) < 4.78 is 5.08. The van der Waals surface area contributed by atoms with Crippen LogP contribution in [0.15, 0.2) is 6.07 Å². The van der Waals surface area contributed by atoms with Crippen LogP contribution in [0, 0.1) is 11.3 Å². The van der Waals surface area contributed by atoms with Gasteiger partial charge in [0.05, 0.1) is 17.3 Å². The van der Waals surface area contributed by atoms with Gasteiger partial charge in [0.25, 0.3) is 0 Å². The first-order valence-electron chi connectivity index (χ1n) is 4.76. The van der Waals surface area contributed by atoms with E-state index in [1.165, 1.54) is 11.3 Å². The first-order valence-corrected chi connectivity index (χ1v) is 5.57. The molecular formula is C10H15N3OS. The molecule has 0 aliphatic carbocycles. The molecule has 82 valence electrons. The molecule has 1 atom stereocenters. The van der Waals surface area contributed by atoms with Crippen molar-refractivity contribution in [2.75, 3.05) is 24.8 Å². The molecule has 15 heavy (non-hydrogen) atoms. The minimum Gasteiger partial charge on any atom is -0.397 e. The second-order valence-electron chi connectivity index (χ2n) is 3.21. The van der Waals surface area contributed by atoms with Gasteiger partial charge in [0, 0.05) is 13.2 Å². The van der Waals surface area contributed by atoms with Crippen LogP contribution >= 0.6 is 11.3 Å². The van der Waals surface area contributed by atoms with E-state index in [0.717, 1.165) is 11.4 Å². The van der Waals surface area contributed by atoms with Gasteiger partial charge >= 0.3 is 0 Å². The van der Waals surface area contributed by atoms with Crippen molar-refractivity contribution >= 4 is 22.0 Å². The number of hydrogen-bond acceptors (Lipinski definition) is 5. The molecule has 1 heterocycles. The lowest BCUT2D eigenvalue weighted by Crippen LogP contribution is -2.23. The van der Waals surface area contributed by atoms with Crippen LogP contribution in [0.5, 0.6) is 0 Å². The molecule has 0 saturated carbocycles. The quantitative estimate of drug-likeness (QED) is 0.804. The largest absolute Gasteiger partial charge is 0.397 e. The lowest BCUT2D eigenvalue weighted by molar-refractivity contribution is 0.184. The summed E-state index contributed by atoms with van der Waals surface area (Å²) in [6.45, 7) is 2.73. The normalized spacial score (nSPS) is 12.1. The summed E-state index contributed by atoms with van der Waals surface area (Å²) in [6.07, 6.45) is 0.966. The number of nitrogens with two attached hydrogens (primary N) is 1. The Bertz CT molecular complexity index is 356. The van der Waals surface area contributed by atoms with Gasteiger partial charge in [0.15, 0.2) is 0 Å². The van der Waals surface area contributed by atoms with Crippen LogP contribution in [0.3, 0.4) is 0 Å². The lowest BCUT2D eigenvalue weighted by Gasteiger charge is -2.15. The number of methoxy groups -OCH3 is 1. The van der Waals surface area contributed by atoms with Crippen molar-refractivity contribution in [3.8, 4) is 6.07 Å². The molecule has 0 aliphatic rings. The van der Waals surface area contributed by atoms with Crippen molar-refractivity contribution in [1.82, 2.24) is 0 Å². The van der Waals surface area contributed by atoms with E-state index in [0.29, 0.717) is 17.2 Å². The molecule has 1 unspecified atom stereocenters. The van der Waals surface area contributed by atoms with Crippen LogP contribution in [0.4, 0.5) is 10.7 Å². The number of rotatable bonds is 5. The molecule has 0 fully saturated rings. The van der Waals surface area contributed by atoms with Crippen molar-refractivity contribution in [1.29, 1.82) is 5.26 Å². The van der Waals surface area contributed by atoms with E-state index in [4.69, 9.17) is 15.7 Å². The van der Waals surface area contributed by atoms with Gasteiger partial charge in [-0.15, -0.1) is 11.3 Å². The first kappa shape index (κ1) is 11.8. The monoisotopic (exact) mass is 225 g/mol. The summed E-state index contributed by atoms with van der Waals surface area (Å²) in [5, 5.41) is 13.0. The lowest BCUT2D eigenvalue weighted by atomic mass is 10.2. The molecule has 1 aromatic heterocycles. The molecule has 0 aliphatic heterocycles. The molecule has 1 rings (SSSR count). The fourth-order valence-electron chi connectivity index (χ4n) is 1.23. The maximum atomic E-state index is 8.75. The van der Waals surface area contributed by atoms with E-state index in [9.17, 15) is 0 Å². The summed E-state index contributed by atoms with van der Waals surface area (Å²) in [5.41, 5.74) is 6.20. The number of nitrogens with zero attached hydrogens (tertiary/aromatic N) is 1. The second kappa shape index (κ2) is 5.59. The smallest absolute Gasteiger partial charge is 0.129 e. The van der Waals surface area contributed by atoms with E-state index >= 15 is 0 Å². The molecule has 0 aromatic carbocycles. The van der Waals surface area contributed by atoms with Crippen molar-refractivity contribution in [2.24, 2.45) is 0 Å². The fraction of sp³-hybridized carbons (Fsp3) is 0.500. The fourth-order valence-corrected chi connectivity index (χ4v) is 2.08. The van der Waals surface area contributed by atoms with Crippen LogP contribution in [0.1, 0.15) is 18.2 Å². The van der Waals surface area contributed by atoms with Gasteiger partial charge in [-0.25, -0.2) is 0 Å². The highest BCUT2D eigenvalue weighted by atomic mass is 32.1. The summed E-state index contributed by atoms with van der Waals surface area (Å²) in [7, 11) is 1.67. The zero-order valence-corrected chi connectivity index (χ0v) is 9.73. The number of nitrogen functional groups attached to an aromatic ring is 1. The highest BCUT2D eigenvalue weighted by molar-refractivity contribution is 7.17. The number of thiophene rings is 1. The summed E-state index contributed by atoms with van der Waals surface area (Å²) in [5.74, 6) is 0. The van der Waals surface area contributed by atoms with E-state index in [1.54, 1.807) is 13.2 Å². The third-order valence-corrected chi connectivity index (χ3v) is 3.06. The average molecular weight is 225 g/mol. The maximum absolute atomic E-state index is 8.75. The van der Waals surface area contributed by atoms with Gasteiger partial charge in [-0.2, -0.15) is 5.26 Å². The standard InChI is InChI=1S/C10H15N3OS/c1-3-7(6-14-2)13-10-4-8(12)9(5-11)15-10/h4,7,13H,3,6,12H2,1-2H3. The SMILES string of the molecule is CCC(COC)Nc1cc(N)c(C#N)s1. The summed E-state index contributed by atoms with van der Waals surface area (Å²) in [6, 6.07) is 4.12. The van der Waals surface area contributed by atoms with Gasteiger partial charge in [0.2, 0.25) is 0 Å². The number of ether oxygens (including phenoxy) is 1. The van der Waals surface area contributed by atoms with Gasteiger partial charge in [-0.1, -0.05) is 6.92 Å². The minimum absolute atomic E-state index is 0.264. The summed E-state index contributed by atoms with van der Waals surface area (Å²) >= 11 is 1.38. The third-order valence-electron chi connectivity index (χ3n) is 2.07. The number of hydrogen-bond donors (Lipinski definition) is 2. The number of nitriles is 1. The van der Waals surface area contributed by atoms with Gasteiger partial charge in [0.1, 0.15) is 10.9 Å². The van der Waals surface area contributed by atoms with E-state index in [-0.39, 0.29) is 6.04 Å². The average Bonchev–Trinajstić information content (AvgIpc) is 2.58. The van der Waals surface area contributed by atoms with E-state index in [2.05, 4.69) is 18.3 Å². The van der Waals surface area contributed by atoms with E-state index in [1.807, 2.05) is 0 Å². The Morgan fingerprint density at radius 1 is 1.73 bits per heavy atom. The highest BCUT2D eigenvalue weighted by Gasteiger charge is 2.09. The molecule has 0 saturated heterocycles. The Hall–Kier alpha value is -1.25. The van der Waals surface area contributed by atoms with Crippen LogP contribution < -0.4 is 11.1 Å². The molecule has 0 spiro atoms. The summed E-state index contributed by atoms with van der Waals surface area (Å²) in [4.78, 5) is 0.560. The Balaban J connectivity index is 2.67. The van der Waals surface area contributed by atoms with Crippen molar-refractivity contribution in [3.05, 3.63) is 10.9 Å². The topological polar surface area (TPSA) is 71.1 Å². The molecule has 3 N–H and O–H groups in total. The molecule has 0 bridgehead atoms. The predicted octanol–water partition coefficient (Wildman–Crippen LogP) is 2.04. The molecule has 1 aromatic rings. The van der Waals surface area contributed by atoms with Crippen LogP contribution in [0.2, 0.25) is 0 Å². The Morgan fingerprint density at radius 2 is 2.47 bits per heavy atom. The minimum atomic E-state index is 0.264. The molecule has 0 radical (unpaired) electrons. The van der Waals surface area contributed by atoms with Crippen LogP contribution in [0.25, 0.3) is 0 Å². The molecular weight excluding hydrogens is 210 g/mol. The zero-order chi connectivity index (χ0) is 11.3. The van der Waals surface area contributed by atoms with Crippen molar-refractivity contribution in [3.63, 3.8) is 0 Å². The predicted molar refractivity (Wildman–Crippen MR) is 63.0 cm³/mol. The van der Waals surface area contributed by atoms with Crippen molar-refractivity contribution in [2.45, 2.75) is 19.4 Å². The van der Waals surface area contributed by atoms with Crippen LogP contribution in [-0.4, -0.2) is 19.8 Å². The maximum Gasteiger partial charge on any atom is 0.129 e. The van der Waals surface area contributed by atoms with E-state index < -0.39 is 0 Å². The molecule has 4 nitrogen and oxygen atoms in total. The highest BCUT2D eigenvalue weighted by Crippen LogP contribution is 2.28. The van der Waals surface area contributed by atoms with Gasteiger partial charge < -0.3 is 15.8 Å². The third kappa shape index (κ3) is 3.11. The van der Waals surface area contributed by atoms with Gasteiger partial charge in [-0.3, -0.25) is 0 Å². The van der Waals surface area contributed by atoms with Gasteiger partial charge in [-0.05, 0) is 12.5 Å². The number of nitrogens with one attached hydrogen (secondary N) is 1.